The van der Waals surface area contributed by atoms with Crippen LogP contribution in [0.4, 0.5) is 16.4 Å². The van der Waals surface area contributed by atoms with Gasteiger partial charge in [-0.2, -0.15) is 0 Å². The van der Waals surface area contributed by atoms with Gasteiger partial charge in [-0.3, -0.25) is 4.90 Å². The summed E-state index contributed by atoms with van der Waals surface area (Å²) in [4.78, 5) is 27.7. The van der Waals surface area contributed by atoms with Gasteiger partial charge in [0.05, 0.1) is 42.9 Å². The van der Waals surface area contributed by atoms with Gasteiger partial charge < -0.3 is 20.3 Å². The maximum Gasteiger partial charge on any atom is 0.322 e. The Kier molecular flexibility index (Phi) is 5.81. The number of aryl methyl sites for hydroxylation is 1. The molecule has 2 aromatic rings. The number of ether oxygens (including phenoxy) is 1. The van der Waals surface area contributed by atoms with E-state index < -0.39 is 0 Å². The molecule has 32 heavy (non-hydrogen) atoms. The highest BCUT2D eigenvalue weighted by molar-refractivity contribution is 7.09. The first-order valence-corrected chi connectivity index (χ1v) is 12.4. The van der Waals surface area contributed by atoms with Crippen molar-refractivity contribution < 1.29 is 9.53 Å². The number of carbonyl (C=O) groups excluding carboxylic acids is 1. The van der Waals surface area contributed by atoms with E-state index in [1.807, 2.05) is 29.4 Å². The van der Waals surface area contributed by atoms with E-state index in [-0.39, 0.29) is 17.1 Å². The molecular formula is C23H32N6O2S. The van der Waals surface area contributed by atoms with Crippen LogP contribution in [0.25, 0.3) is 0 Å². The second-order valence-corrected chi connectivity index (χ2v) is 10.4. The Morgan fingerprint density at radius 3 is 2.69 bits per heavy atom. The fourth-order valence-corrected chi connectivity index (χ4v) is 6.13. The zero-order valence-electron chi connectivity index (χ0n) is 18.9. The molecule has 4 heterocycles. The molecule has 1 spiro atoms. The molecule has 2 amide bonds. The van der Waals surface area contributed by atoms with Gasteiger partial charge in [0.1, 0.15) is 0 Å². The highest BCUT2D eigenvalue weighted by Gasteiger charge is 2.49. The molecule has 2 saturated heterocycles. The number of hydrogen-bond acceptors (Lipinski definition) is 7. The molecule has 0 bridgehead atoms. The van der Waals surface area contributed by atoms with Crippen LogP contribution in [0.2, 0.25) is 0 Å². The summed E-state index contributed by atoms with van der Waals surface area (Å²) in [6.45, 7) is 5.62. The number of urea groups is 1. The zero-order chi connectivity index (χ0) is 22.2. The standard InChI is InChI=1S/C23H32N6O2S/c1-17-19(15-25-20(26-17)28-9-11-31-12-10-28)29-16-23(27-21(29)30)7-5-22(24-2,6-8-23)14-18-4-3-13-32-18/h3-4,13,15,24H,5-12,14,16H2,1-2H3,(H,27,30). The van der Waals surface area contributed by atoms with Crippen LogP contribution in [0, 0.1) is 6.92 Å². The van der Waals surface area contributed by atoms with Crippen LogP contribution < -0.4 is 20.4 Å². The number of aromatic nitrogens is 2. The molecule has 0 unspecified atom stereocenters. The summed E-state index contributed by atoms with van der Waals surface area (Å²) in [7, 11) is 2.07. The van der Waals surface area contributed by atoms with Crippen molar-refractivity contribution in [3.8, 4) is 0 Å². The van der Waals surface area contributed by atoms with Crippen LogP contribution in [0.3, 0.4) is 0 Å². The molecule has 3 fully saturated rings. The van der Waals surface area contributed by atoms with Crippen molar-refractivity contribution in [1.82, 2.24) is 20.6 Å². The summed E-state index contributed by atoms with van der Waals surface area (Å²) in [6, 6.07) is 4.31. The summed E-state index contributed by atoms with van der Waals surface area (Å²) < 4.78 is 5.42. The first-order chi connectivity index (χ1) is 15.5. The summed E-state index contributed by atoms with van der Waals surface area (Å²) in [6.07, 6.45) is 6.87. The number of rotatable bonds is 5. The summed E-state index contributed by atoms with van der Waals surface area (Å²) >= 11 is 1.82. The Bertz CT molecular complexity index is 951. The lowest BCUT2D eigenvalue weighted by Crippen LogP contribution is -2.56. The minimum absolute atomic E-state index is 0.0361. The van der Waals surface area contributed by atoms with Crippen LogP contribution in [-0.4, -0.2) is 67.0 Å². The highest BCUT2D eigenvalue weighted by Crippen LogP contribution is 2.41. The molecule has 3 aliphatic rings. The van der Waals surface area contributed by atoms with Crippen molar-refractivity contribution in [3.05, 3.63) is 34.3 Å². The van der Waals surface area contributed by atoms with Crippen molar-refractivity contribution in [3.63, 3.8) is 0 Å². The van der Waals surface area contributed by atoms with E-state index in [0.29, 0.717) is 25.7 Å². The molecule has 0 radical (unpaired) electrons. The van der Waals surface area contributed by atoms with Crippen LogP contribution in [0.5, 0.6) is 0 Å². The summed E-state index contributed by atoms with van der Waals surface area (Å²) in [5.41, 5.74) is 1.57. The molecule has 0 aromatic carbocycles. The van der Waals surface area contributed by atoms with Gasteiger partial charge >= 0.3 is 6.03 Å². The van der Waals surface area contributed by atoms with Gasteiger partial charge in [-0.05, 0) is 57.5 Å². The SMILES string of the molecule is CNC1(Cc2cccs2)CCC2(CC1)CN(c1cnc(N3CCOCC3)nc1C)C(=O)N2. The predicted molar refractivity (Wildman–Crippen MR) is 127 cm³/mol. The van der Waals surface area contributed by atoms with Crippen LogP contribution >= 0.6 is 11.3 Å². The second-order valence-electron chi connectivity index (χ2n) is 9.32. The molecule has 2 N–H and O–H groups in total. The number of hydrogen-bond donors (Lipinski definition) is 2. The maximum atomic E-state index is 13.0. The number of morpholine rings is 1. The average Bonchev–Trinajstić information content (AvgIpc) is 3.44. The minimum Gasteiger partial charge on any atom is -0.378 e. The Labute approximate surface area is 193 Å². The Morgan fingerprint density at radius 1 is 1.25 bits per heavy atom. The number of carbonyl (C=O) groups is 1. The van der Waals surface area contributed by atoms with E-state index in [1.54, 1.807) is 0 Å². The summed E-state index contributed by atoms with van der Waals surface area (Å²) in [5.74, 6) is 0.717. The first kappa shape index (κ1) is 21.6. The van der Waals surface area contributed by atoms with Gasteiger partial charge in [0.25, 0.3) is 0 Å². The molecule has 5 rings (SSSR count). The largest absolute Gasteiger partial charge is 0.378 e. The number of anilines is 2. The average molecular weight is 457 g/mol. The number of nitrogens with zero attached hydrogens (tertiary/aromatic N) is 4. The van der Waals surface area contributed by atoms with E-state index in [1.165, 1.54) is 4.88 Å². The second kappa shape index (κ2) is 8.61. The zero-order valence-corrected chi connectivity index (χ0v) is 19.7. The van der Waals surface area contributed by atoms with Gasteiger partial charge in [-0.25, -0.2) is 14.8 Å². The molecule has 2 aromatic heterocycles. The van der Waals surface area contributed by atoms with Crippen molar-refractivity contribution in [1.29, 1.82) is 0 Å². The number of amides is 2. The quantitative estimate of drug-likeness (QED) is 0.720. The topological polar surface area (TPSA) is 82.6 Å². The van der Waals surface area contributed by atoms with E-state index in [0.717, 1.165) is 56.6 Å². The third-order valence-corrected chi connectivity index (χ3v) is 8.27. The van der Waals surface area contributed by atoms with Crippen LogP contribution in [-0.2, 0) is 11.2 Å². The Balaban J connectivity index is 1.28. The Morgan fingerprint density at radius 2 is 2.03 bits per heavy atom. The lowest BCUT2D eigenvalue weighted by atomic mass is 9.71. The van der Waals surface area contributed by atoms with Crippen LogP contribution in [0.1, 0.15) is 36.3 Å². The third kappa shape index (κ3) is 4.09. The van der Waals surface area contributed by atoms with Gasteiger partial charge in [0, 0.05) is 23.5 Å². The third-order valence-electron chi connectivity index (χ3n) is 7.39. The number of likely N-dealkylation sites (N-methyl/N-ethyl adjacent to an activating group) is 1. The molecule has 8 nitrogen and oxygen atoms in total. The smallest absolute Gasteiger partial charge is 0.322 e. The van der Waals surface area contributed by atoms with Crippen molar-refractivity contribution in [2.75, 3.05) is 49.7 Å². The van der Waals surface area contributed by atoms with Crippen molar-refractivity contribution in [2.24, 2.45) is 0 Å². The monoisotopic (exact) mass is 456 g/mol. The van der Waals surface area contributed by atoms with E-state index >= 15 is 0 Å². The molecule has 2 aliphatic heterocycles. The maximum absolute atomic E-state index is 13.0. The van der Waals surface area contributed by atoms with E-state index in [9.17, 15) is 4.79 Å². The molecule has 9 heteroatoms. The lowest BCUT2D eigenvalue weighted by Gasteiger charge is -2.44. The number of nitrogens with one attached hydrogen (secondary N) is 2. The normalized spacial score (nSPS) is 28.4. The van der Waals surface area contributed by atoms with Crippen molar-refractivity contribution >= 4 is 29.0 Å². The molecular weight excluding hydrogens is 424 g/mol. The van der Waals surface area contributed by atoms with Gasteiger partial charge in [0.15, 0.2) is 0 Å². The first-order valence-electron chi connectivity index (χ1n) is 11.5. The fourth-order valence-electron chi connectivity index (χ4n) is 5.28. The minimum atomic E-state index is -0.178. The molecule has 1 aliphatic carbocycles. The highest BCUT2D eigenvalue weighted by atomic mass is 32.1. The van der Waals surface area contributed by atoms with E-state index in [4.69, 9.17) is 9.72 Å². The number of thiophene rings is 1. The predicted octanol–water partition coefficient (Wildman–Crippen LogP) is 2.73. The molecule has 1 saturated carbocycles. The Hall–Kier alpha value is -2.23. The summed E-state index contributed by atoms with van der Waals surface area (Å²) in [5, 5.41) is 9.08. The fraction of sp³-hybridized carbons (Fsp3) is 0.609. The van der Waals surface area contributed by atoms with E-state index in [2.05, 4.69) is 45.1 Å². The van der Waals surface area contributed by atoms with Gasteiger partial charge in [-0.1, -0.05) is 6.07 Å². The van der Waals surface area contributed by atoms with Crippen LogP contribution in [0.15, 0.2) is 23.7 Å². The van der Waals surface area contributed by atoms with Gasteiger partial charge in [-0.15, -0.1) is 11.3 Å². The van der Waals surface area contributed by atoms with Gasteiger partial charge in [0.2, 0.25) is 5.95 Å². The lowest BCUT2D eigenvalue weighted by molar-refractivity contribution is 0.122. The molecule has 0 atom stereocenters. The van der Waals surface area contributed by atoms with Crippen molar-refractivity contribution in [2.45, 2.75) is 50.1 Å². The molecule has 172 valence electrons.